The standard InChI is InChI=1S/C13H14N2O2S/c16-12(17)11-5-2-1-4-10(8-11)9-18-13-14-6-3-7-15-13/h1-2,5-6,8H,3-4,7,9H2,(H,16,17). The van der Waals surface area contributed by atoms with E-state index in [9.17, 15) is 4.79 Å². The molecule has 0 amide bonds. The van der Waals surface area contributed by atoms with Crippen molar-refractivity contribution in [2.75, 3.05) is 12.3 Å². The van der Waals surface area contributed by atoms with Crippen LogP contribution in [0.25, 0.3) is 0 Å². The van der Waals surface area contributed by atoms with Crippen LogP contribution in [0.1, 0.15) is 12.8 Å². The minimum atomic E-state index is -0.892. The topological polar surface area (TPSA) is 62.0 Å². The average Bonchev–Trinajstić information content (AvgIpc) is 2.63. The van der Waals surface area contributed by atoms with Crippen LogP contribution in [0.4, 0.5) is 0 Å². The summed E-state index contributed by atoms with van der Waals surface area (Å²) in [6.07, 6.45) is 10.7. The molecule has 0 bridgehead atoms. The van der Waals surface area contributed by atoms with Crippen LogP contribution in [0.15, 0.2) is 45.4 Å². The molecule has 0 saturated carbocycles. The zero-order valence-electron chi connectivity index (χ0n) is 9.87. The molecular weight excluding hydrogens is 248 g/mol. The molecule has 1 heterocycles. The zero-order chi connectivity index (χ0) is 12.8. The average molecular weight is 262 g/mol. The molecule has 0 unspecified atom stereocenters. The molecule has 1 aliphatic carbocycles. The van der Waals surface area contributed by atoms with Crippen LogP contribution in [0.3, 0.4) is 0 Å². The maximum absolute atomic E-state index is 11.0. The van der Waals surface area contributed by atoms with Gasteiger partial charge < -0.3 is 5.11 Å². The molecule has 0 aromatic heterocycles. The highest BCUT2D eigenvalue weighted by Crippen LogP contribution is 2.19. The molecule has 0 fully saturated rings. The van der Waals surface area contributed by atoms with Gasteiger partial charge in [-0.1, -0.05) is 29.5 Å². The summed E-state index contributed by atoms with van der Waals surface area (Å²) in [6, 6.07) is 0. The lowest BCUT2D eigenvalue weighted by Gasteiger charge is -2.06. The number of amidine groups is 1. The molecule has 18 heavy (non-hydrogen) atoms. The van der Waals surface area contributed by atoms with Crippen LogP contribution in [0.5, 0.6) is 0 Å². The second kappa shape index (κ2) is 6.35. The van der Waals surface area contributed by atoms with Gasteiger partial charge in [-0.2, -0.15) is 0 Å². The molecule has 2 rings (SSSR count). The fraction of sp³-hybridized carbons (Fsp3) is 0.308. The van der Waals surface area contributed by atoms with Gasteiger partial charge in [-0.05, 0) is 18.6 Å². The van der Waals surface area contributed by atoms with Gasteiger partial charge in [0.1, 0.15) is 0 Å². The molecule has 0 saturated heterocycles. The van der Waals surface area contributed by atoms with E-state index in [2.05, 4.69) is 9.98 Å². The lowest BCUT2D eigenvalue weighted by atomic mass is 10.1. The Kier molecular flexibility index (Phi) is 4.52. The number of hydrogen-bond acceptors (Lipinski definition) is 4. The first kappa shape index (κ1) is 12.8. The Bertz CT molecular complexity index is 487. The van der Waals surface area contributed by atoms with E-state index in [4.69, 9.17) is 5.11 Å². The van der Waals surface area contributed by atoms with Crippen molar-refractivity contribution in [1.82, 2.24) is 0 Å². The highest BCUT2D eigenvalue weighted by molar-refractivity contribution is 8.14. The number of aliphatic imine (C=N–C) groups is 2. The predicted molar refractivity (Wildman–Crippen MR) is 75.4 cm³/mol. The molecule has 4 nitrogen and oxygen atoms in total. The molecule has 94 valence electrons. The monoisotopic (exact) mass is 262 g/mol. The minimum absolute atomic E-state index is 0.327. The highest BCUT2D eigenvalue weighted by atomic mass is 32.2. The van der Waals surface area contributed by atoms with Crippen LogP contribution in [0, 0.1) is 0 Å². The fourth-order valence-electron chi connectivity index (χ4n) is 1.59. The van der Waals surface area contributed by atoms with Crippen molar-refractivity contribution in [1.29, 1.82) is 0 Å². The number of carbonyl (C=O) groups is 1. The number of rotatable bonds is 3. The van der Waals surface area contributed by atoms with Gasteiger partial charge in [-0.3, -0.25) is 4.99 Å². The fourth-order valence-corrected chi connectivity index (χ4v) is 2.44. The third-order valence-electron chi connectivity index (χ3n) is 2.49. The Morgan fingerprint density at radius 2 is 2.39 bits per heavy atom. The van der Waals surface area contributed by atoms with Crippen molar-refractivity contribution in [3.8, 4) is 0 Å². The van der Waals surface area contributed by atoms with Crippen molar-refractivity contribution < 1.29 is 9.90 Å². The lowest BCUT2D eigenvalue weighted by molar-refractivity contribution is -0.132. The van der Waals surface area contributed by atoms with Gasteiger partial charge in [0.15, 0.2) is 5.17 Å². The third kappa shape index (κ3) is 3.70. The number of allylic oxidation sites excluding steroid dienone is 3. The Morgan fingerprint density at radius 3 is 3.11 bits per heavy atom. The highest BCUT2D eigenvalue weighted by Gasteiger charge is 2.09. The molecule has 5 heteroatoms. The van der Waals surface area contributed by atoms with E-state index in [0.717, 1.165) is 35.9 Å². The summed E-state index contributed by atoms with van der Waals surface area (Å²) in [4.78, 5) is 19.5. The van der Waals surface area contributed by atoms with Gasteiger partial charge in [0, 0.05) is 24.9 Å². The lowest BCUT2D eigenvalue weighted by Crippen LogP contribution is -2.02. The summed E-state index contributed by atoms with van der Waals surface area (Å²) in [5.41, 5.74) is 1.40. The molecule has 0 radical (unpaired) electrons. The minimum Gasteiger partial charge on any atom is -0.478 e. The quantitative estimate of drug-likeness (QED) is 0.849. The van der Waals surface area contributed by atoms with Gasteiger partial charge in [0.25, 0.3) is 0 Å². The molecule has 1 aliphatic heterocycles. The number of nitrogens with zero attached hydrogens (tertiary/aromatic N) is 2. The van der Waals surface area contributed by atoms with E-state index in [-0.39, 0.29) is 0 Å². The summed E-state index contributed by atoms with van der Waals surface area (Å²) >= 11 is 1.56. The number of carboxylic acid groups (broad SMARTS) is 1. The van der Waals surface area contributed by atoms with Crippen molar-refractivity contribution in [3.05, 3.63) is 35.5 Å². The number of carboxylic acids is 1. The molecular formula is C13H14N2O2S. The van der Waals surface area contributed by atoms with Crippen LogP contribution >= 0.6 is 11.8 Å². The molecule has 0 spiro atoms. The molecule has 0 aromatic carbocycles. The van der Waals surface area contributed by atoms with Crippen LogP contribution < -0.4 is 0 Å². The first-order valence-corrected chi connectivity index (χ1v) is 6.73. The Hall–Kier alpha value is -1.62. The normalized spacial score (nSPS) is 18.8. The van der Waals surface area contributed by atoms with E-state index in [1.165, 1.54) is 0 Å². The van der Waals surface area contributed by atoms with Gasteiger partial charge >= 0.3 is 5.97 Å². The number of aliphatic carboxylic acids is 1. The smallest absolute Gasteiger partial charge is 0.335 e. The van der Waals surface area contributed by atoms with Crippen LogP contribution in [0.2, 0.25) is 0 Å². The predicted octanol–water partition coefficient (Wildman–Crippen LogP) is 2.45. The summed E-state index contributed by atoms with van der Waals surface area (Å²) in [5.74, 6) is -0.164. The summed E-state index contributed by atoms with van der Waals surface area (Å²) in [5, 5.41) is 9.79. The van der Waals surface area contributed by atoms with Crippen LogP contribution in [-0.2, 0) is 4.79 Å². The van der Waals surface area contributed by atoms with Gasteiger partial charge in [-0.15, -0.1) is 0 Å². The van der Waals surface area contributed by atoms with Gasteiger partial charge in [0.2, 0.25) is 0 Å². The van der Waals surface area contributed by atoms with Crippen molar-refractivity contribution >= 4 is 29.1 Å². The Labute approximate surface area is 110 Å². The first-order valence-electron chi connectivity index (χ1n) is 5.75. The molecule has 0 atom stereocenters. The zero-order valence-corrected chi connectivity index (χ0v) is 10.7. The van der Waals surface area contributed by atoms with E-state index in [1.54, 1.807) is 30.0 Å². The van der Waals surface area contributed by atoms with E-state index < -0.39 is 5.97 Å². The van der Waals surface area contributed by atoms with Crippen molar-refractivity contribution in [2.45, 2.75) is 12.8 Å². The maximum Gasteiger partial charge on any atom is 0.335 e. The van der Waals surface area contributed by atoms with Crippen LogP contribution in [-0.4, -0.2) is 34.8 Å². The summed E-state index contributed by atoms with van der Waals surface area (Å²) in [6.45, 7) is 0.797. The van der Waals surface area contributed by atoms with Crippen molar-refractivity contribution in [3.63, 3.8) is 0 Å². The molecule has 1 N–H and O–H groups in total. The Morgan fingerprint density at radius 1 is 1.50 bits per heavy atom. The third-order valence-corrected chi connectivity index (χ3v) is 3.50. The first-order chi connectivity index (χ1) is 8.75. The van der Waals surface area contributed by atoms with Gasteiger partial charge in [-0.25, -0.2) is 9.79 Å². The molecule has 0 aromatic rings. The Balaban J connectivity index is 1.98. The largest absolute Gasteiger partial charge is 0.478 e. The van der Waals surface area contributed by atoms with E-state index >= 15 is 0 Å². The second-order valence-corrected chi connectivity index (χ2v) is 4.86. The number of thioether (sulfide) groups is 1. The van der Waals surface area contributed by atoms with E-state index in [1.807, 2.05) is 12.3 Å². The molecule has 2 aliphatic rings. The van der Waals surface area contributed by atoms with Gasteiger partial charge in [0.05, 0.1) is 5.57 Å². The second-order valence-electron chi connectivity index (χ2n) is 3.92. The summed E-state index contributed by atoms with van der Waals surface area (Å²) < 4.78 is 0. The summed E-state index contributed by atoms with van der Waals surface area (Å²) in [7, 11) is 0. The number of hydrogen-bond donors (Lipinski definition) is 1. The SMILES string of the molecule is O=C(O)C1=CC=CCC(CSC2=NCCC=N2)=C1. The van der Waals surface area contributed by atoms with E-state index in [0.29, 0.717) is 5.57 Å². The maximum atomic E-state index is 11.0. The van der Waals surface area contributed by atoms with Crippen molar-refractivity contribution in [2.24, 2.45) is 9.98 Å².